The predicted molar refractivity (Wildman–Crippen MR) is 69.6 cm³/mol. The molecule has 1 aliphatic heterocycles. The minimum atomic E-state index is -0.168. The van der Waals surface area contributed by atoms with Crippen molar-refractivity contribution in [3.05, 3.63) is 0 Å². The Hall–Kier alpha value is -0.590. The molecule has 17 heavy (non-hydrogen) atoms. The summed E-state index contributed by atoms with van der Waals surface area (Å²) in [5.74, 6) is 1.39. The van der Waals surface area contributed by atoms with Crippen LogP contribution in [0.4, 0.5) is 0 Å². The molecule has 0 radical (unpaired) electrons. The van der Waals surface area contributed by atoms with Crippen LogP contribution in [0.2, 0.25) is 0 Å². The summed E-state index contributed by atoms with van der Waals surface area (Å²) in [7, 11) is 2.17. The van der Waals surface area contributed by atoms with Gasteiger partial charge in [-0.05, 0) is 38.1 Å². The number of nitrogens with zero attached hydrogens (tertiary/aromatic N) is 3. The van der Waals surface area contributed by atoms with Crippen LogP contribution < -0.4 is 0 Å². The smallest absolute Gasteiger partial charge is 0.109 e. The molecule has 0 bridgehead atoms. The molecule has 2 fully saturated rings. The summed E-state index contributed by atoms with van der Waals surface area (Å²) < 4.78 is 0. The quantitative estimate of drug-likeness (QED) is 0.696. The van der Waals surface area contributed by atoms with Gasteiger partial charge in [-0.25, -0.2) is 0 Å². The Labute approximate surface area is 105 Å². The highest BCUT2D eigenvalue weighted by molar-refractivity contribution is 5.12. The zero-order valence-electron chi connectivity index (χ0n) is 11.4. The topological polar surface area (TPSA) is 30.3 Å². The molecular formula is C14H25N3. The van der Waals surface area contributed by atoms with Gasteiger partial charge in [0.25, 0.3) is 0 Å². The molecule has 0 N–H and O–H groups in total. The van der Waals surface area contributed by atoms with E-state index in [1.54, 1.807) is 0 Å². The SMILES string of the molecule is CC1CC(C)CC(C#N)(N2CCN(C)CC2)C1. The lowest BCUT2D eigenvalue weighted by atomic mass is 9.71. The second kappa shape index (κ2) is 4.96. The van der Waals surface area contributed by atoms with Crippen molar-refractivity contribution in [3.8, 4) is 6.07 Å². The van der Waals surface area contributed by atoms with Crippen molar-refractivity contribution in [1.29, 1.82) is 5.26 Å². The standard InChI is InChI=1S/C14H25N3/c1-12-8-13(2)10-14(9-12,11-15)17-6-4-16(3)5-7-17/h12-13H,4-10H2,1-3H3. The van der Waals surface area contributed by atoms with Gasteiger partial charge < -0.3 is 4.90 Å². The van der Waals surface area contributed by atoms with E-state index in [0.29, 0.717) is 11.8 Å². The van der Waals surface area contributed by atoms with Crippen LogP contribution in [0.1, 0.15) is 33.1 Å². The Morgan fingerprint density at radius 1 is 1.06 bits per heavy atom. The first-order valence-electron chi connectivity index (χ1n) is 6.90. The first-order chi connectivity index (χ1) is 8.05. The van der Waals surface area contributed by atoms with Crippen LogP contribution in [-0.2, 0) is 0 Å². The molecule has 3 nitrogen and oxygen atoms in total. The fourth-order valence-corrected chi connectivity index (χ4v) is 3.74. The highest BCUT2D eigenvalue weighted by Crippen LogP contribution is 2.39. The summed E-state index contributed by atoms with van der Waals surface area (Å²) in [6.45, 7) is 8.93. The normalized spacial score (nSPS) is 41.1. The van der Waals surface area contributed by atoms with Crippen LogP contribution in [0.5, 0.6) is 0 Å². The van der Waals surface area contributed by atoms with E-state index in [1.807, 2.05) is 0 Å². The van der Waals surface area contributed by atoms with Crippen molar-refractivity contribution in [2.24, 2.45) is 11.8 Å². The Balaban J connectivity index is 2.11. The summed E-state index contributed by atoms with van der Waals surface area (Å²) >= 11 is 0. The summed E-state index contributed by atoms with van der Waals surface area (Å²) in [5, 5.41) is 9.69. The molecule has 0 aromatic carbocycles. The van der Waals surface area contributed by atoms with E-state index in [2.05, 4.69) is 36.8 Å². The van der Waals surface area contributed by atoms with Gasteiger partial charge in [-0.2, -0.15) is 5.26 Å². The third-order valence-corrected chi connectivity index (χ3v) is 4.49. The maximum Gasteiger partial charge on any atom is 0.109 e. The maximum atomic E-state index is 9.69. The number of piperazine rings is 1. The molecule has 2 unspecified atom stereocenters. The molecule has 0 aromatic heterocycles. The van der Waals surface area contributed by atoms with E-state index in [9.17, 15) is 5.26 Å². The highest BCUT2D eigenvalue weighted by Gasteiger charge is 2.43. The van der Waals surface area contributed by atoms with Gasteiger partial charge in [-0.15, -0.1) is 0 Å². The predicted octanol–water partition coefficient (Wildman–Crippen LogP) is 1.95. The van der Waals surface area contributed by atoms with E-state index in [4.69, 9.17) is 0 Å². The van der Waals surface area contributed by atoms with E-state index in [0.717, 1.165) is 39.0 Å². The zero-order valence-corrected chi connectivity index (χ0v) is 11.4. The Morgan fingerprint density at radius 2 is 1.59 bits per heavy atom. The molecule has 2 aliphatic rings. The molecule has 0 amide bonds. The third-order valence-electron chi connectivity index (χ3n) is 4.49. The summed E-state index contributed by atoms with van der Waals surface area (Å²) in [6.07, 6.45) is 3.42. The fraction of sp³-hybridized carbons (Fsp3) is 0.929. The van der Waals surface area contributed by atoms with Gasteiger partial charge in [-0.3, -0.25) is 4.90 Å². The average Bonchev–Trinajstić information content (AvgIpc) is 2.28. The van der Waals surface area contributed by atoms with Gasteiger partial charge in [0.1, 0.15) is 5.54 Å². The van der Waals surface area contributed by atoms with E-state index >= 15 is 0 Å². The van der Waals surface area contributed by atoms with Gasteiger partial charge in [0.05, 0.1) is 6.07 Å². The Morgan fingerprint density at radius 3 is 2.06 bits per heavy atom. The van der Waals surface area contributed by atoms with Gasteiger partial charge in [0.15, 0.2) is 0 Å². The summed E-state index contributed by atoms with van der Waals surface area (Å²) in [4.78, 5) is 4.82. The maximum absolute atomic E-state index is 9.69. The molecule has 2 rings (SSSR count). The number of nitriles is 1. The van der Waals surface area contributed by atoms with Crippen LogP contribution in [0.25, 0.3) is 0 Å². The molecule has 1 heterocycles. The molecule has 3 heteroatoms. The minimum Gasteiger partial charge on any atom is -0.304 e. The Bertz CT molecular complexity index is 289. The number of rotatable bonds is 1. The van der Waals surface area contributed by atoms with E-state index in [1.165, 1.54) is 6.42 Å². The van der Waals surface area contributed by atoms with Crippen LogP contribution in [0.3, 0.4) is 0 Å². The van der Waals surface area contributed by atoms with Crippen molar-refractivity contribution in [2.75, 3.05) is 33.2 Å². The van der Waals surface area contributed by atoms with Crippen molar-refractivity contribution in [1.82, 2.24) is 9.80 Å². The zero-order chi connectivity index (χ0) is 12.5. The van der Waals surface area contributed by atoms with Gasteiger partial charge in [0, 0.05) is 26.2 Å². The average molecular weight is 235 g/mol. The van der Waals surface area contributed by atoms with Crippen LogP contribution in [0.15, 0.2) is 0 Å². The van der Waals surface area contributed by atoms with Crippen LogP contribution in [-0.4, -0.2) is 48.6 Å². The lowest BCUT2D eigenvalue weighted by Gasteiger charge is -2.48. The Kier molecular flexibility index (Phi) is 3.75. The lowest BCUT2D eigenvalue weighted by molar-refractivity contribution is 0.0223. The van der Waals surface area contributed by atoms with Crippen molar-refractivity contribution < 1.29 is 0 Å². The van der Waals surface area contributed by atoms with Crippen molar-refractivity contribution in [2.45, 2.75) is 38.6 Å². The largest absolute Gasteiger partial charge is 0.304 e. The van der Waals surface area contributed by atoms with Crippen LogP contribution in [0, 0.1) is 23.2 Å². The highest BCUT2D eigenvalue weighted by atomic mass is 15.3. The first kappa shape index (κ1) is 12.9. The third kappa shape index (κ3) is 2.64. The molecule has 0 aromatic rings. The van der Waals surface area contributed by atoms with Gasteiger partial charge in [-0.1, -0.05) is 13.8 Å². The monoisotopic (exact) mass is 235 g/mol. The summed E-state index contributed by atoms with van der Waals surface area (Å²) in [5.41, 5.74) is -0.168. The molecule has 96 valence electrons. The number of hydrogen-bond donors (Lipinski definition) is 0. The molecule has 2 atom stereocenters. The number of hydrogen-bond acceptors (Lipinski definition) is 3. The molecular weight excluding hydrogens is 210 g/mol. The van der Waals surface area contributed by atoms with Crippen molar-refractivity contribution >= 4 is 0 Å². The fourth-order valence-electron chi connectivity index (χ4n) is 3.74. The van der Waals surface area contributed by atoms with E-state index in [-0.39, 0.29) is 5.54 Å². The van der Waals surface area contributed by atoms with Gasteiger partial charge in [0.2, 0.25) is 0 Å². The molecule has 1 saturated heterocycles. The van der Waals surface area contributed by atoms with Gasteiger partial charge >= 0.3 is 0 Å². The second-order valence-corrected chi connectivity index (χ2v) is 6.29. The first-order valence-corrected chi connectivity index (χ1v) is 6.90. The minimum absolute atomic E-state index is 0.168. The molecule has 0 spiro atoms. The number of likely N-dealkylation sites (N-methyl/N-ethyl adjacent to an activating group) is 1. The second-order valence-electron chi connectivity index (χ2n) is 6.29. The molecule has 1 aliphatic carbocycles. The lowest BCUT2D eigenvalue weighted by Crippen LogP contribution is -2.58. The summed E-state index contributed by atoms with van der Waals surface area (Å²) in [6, 6.07) is 2.67. The molecule has 1 saturated carbocycles. The van der Waals surface area contributed by atoms with Crippen LogP contribution >= 0.6 is 0 Å². The van der Waals surface area contributed by atoms with Crippen molar-refractivity contribution in [3.63, 3.8) is 0 Å². The van der Waals surface area contributed by atoms with E-state index < -0.39 is 0 Å².